The molecule has 4 aromatic carbocycles. The van der Waals surface area contributed by atoms with Crippen LogP contribution < -0.4 is 4.74 Å². The van der Waals surface area contributed by atoms with E-state index in [-0.39, 0.29) is 5.39 Å². The fraction of sp³-hybridized carbons (Fsp3) is 0.133. The normalized spacial score (nSPS) is 12.9. The third kappa shape index (κ3) is 5.11. The lowest BCUT2D eigenvalue weighted by atomic mass is 9.95. The Hall–Kier alpha value is -4.39. The standard InChI is InChI=1S/C30H15F9N2OS/c1-14-24(30(37,38)39)20(28(31,32)33)13-21(29(34,35)36)26(14)42-27-19-11-16-7-3-2-6-15(16)10-18(19)25(40-41-27)23-12-17-8-4-5-9-22(17)43-23/h2-13H,1H3. The zero-order chi connectivity index (χ0) is 30.9. The smallest absolute Gasteiger partial charge is 0.420 e. The monoisotopic (exact) mass is 622 g/mol. The Labute approximate surface area is 240 Å². The summed E-state index contributed by atoms with van der Waals surface area (Å²) in [5.74, 6) is -2.06. The van der Waals surface area contributed by atoms with Gasteiger partial charge in [-0.2, -0.15) is 39.5 Å². The van der Waals surface area contributed by atoms with E-state index in [2.05, 4.69) is 10.2 Å². The number of rotatable bonds is 3. The molecule has 6 rings (SSSR count). The first kappa shape index (κ1) is 28.7. The van der Waals surface area contributed by atoms with Gasteiger partial charge in [0.2, 0.25) is 5.88 Å². The van der Waals surface area contributed by atoms with E-state index in [1.165, 1.54) is 17.4 Å². The van der Waals surface area contributed by atoms with Crippen molar-refractivity contribution >= 4 is 43.0 Å². The van der Waals surface area contributed by atoms with Crippen LogP contribution in [0, 0.1) is 6.92 Å². The molecule has 0 unspecified atom stereocenters. The fourth-order valence-electron chi connectivity index (χ4n) is 5.00. The maximum Gasteiger partial charge on any atom is 0.420 e. The molecule has 0 saturated carbocycles. The summed E-state index contributed by atoms with van der Waals surface area (Å²) in [4.78, 5) is 0.654. The highest BCUT2D eigenvalue weighted by Crippen LogP contribution is 2.51. The fourth-order valence-corrected chi connectivity index (χ4v) is 6.06. The minimum Gasteiger partial charge on any atom is -0.436 e. The highest BCUT2D eigenvalue weighted by molar-refractivity contribution is 7.22. The van der Waals surface area contributed by atoms with E-state index in [1.807, 2.05) is 30.3 Å². The third-order valence-corrected chi connectivity index (χ3v) is 8.01. The lowest BCUT2D eigenvalue weighted by Crippen LogP contribution is -2.21. The summed E-state index contributed by atoms with van der Waals surface area (Å²) >= 11 is 1.37. The minimum atomic E-state index is -5.73. The number of hydrogen-bond donors (Lipinski definition) is 0. The van der Waals surface area contributed by atoms with Gasteiger partial charge in [-0.15, -0.1) is 21.5 Å². The molecule has 0 amide bonds. The van der Waals surface area contributed by atoms with Gasteiger partial charge in [0.15, 0.2) is 0 Å². The van der Waals surface area contributed by atoms with Crippen LogP contribution in [0.2, 0.25) is 0 Å². The maximum atomic E-state index is 14.1. The molecule has 43 heavy (non-hydrogen) atoms. The Morgan fingerprint density at radius 2 is 1.21 bits per heavy atom. The molecule has 0 fully saturated rings. The van der Waals surface area contributed by atoms with Crippen molar-refractivity contribution < 1.29 is 44.3 Å². The Bertz CT molecular complexity index is 2010. The third-order valence-electron chi connectivity index (χ3n) is 6.88. The zero-order valence-electron chi connectivity index (χ0n) is 21.5. The number of ether oxygens (including phenoxy) is 1. The number of thiophene rings is 1. The van der Waals surface area contributed by atoms with Gasteiger partial charge in [-0.3, -0.25) is 0 Å². The average Bonchev–Trinajstić information content (AvgIpc) is 3.35. The number of hydrogen-bond acceptors (Lipinski definition) is 4. The van der Waals surface area contributed by atoms with Crippen LogP contribution in [0.15, 0.2) is 72.8 Å². The second kappa shape index (κ2) is 9.83. The summed E-state index contributed by atoms with van der Waals surface area (Å²) in [7, 11) is 0. The quantitative estimate of drug-likeness (QED) is 0.146. The Morgan fingerprint density at radius 1 is 0.628 bits per heavy atom. The van der Waals surface area contributed by atoms with Gasteiger partial charge in [0, 0.05) is 21.0 Å². The summed E-state index contributed by atoms with van der Waals surface area (Å²) in [6.45, 7) is 0.499. The van der Waals surface area contributed by atoms with Crippen LogP contribution in [0.5, 0.6) is 11.6 Å². The number of nitrogens with zero attached hydrogens (tertiary/aromatic N) is 2. The SMILES string of the molecule is Cc1c(Oc2nnc(-c3cc4ccccc4s3)c3cc4ccccc4cc23)c(C(F)(F)F)cc(C(F)(F)F)c1C(F)(F)F. The van der Waals surface area contributed by atoms with E-state index in [9.17, 15) is 39.5 Å². The summed E-state index contributed by atoms with van der Waals surface area (Å²) in [5, 5.41) is 10.8. The molecular weight excluding hydrogens is 607 g/mol. The molecule has 3 nitrogen and oxygen atoms in total. The molecule has 0 spiro atoms. The summed E-state index contributed by atoms with van der Waals surface area (Å²) in [6.07, 6.45) is -16.9. The van der Waals surface area contributed by atoms with Crippen molar-refractivity contribution in [3.63, 3.8) is 0 Å². The van der Waals surface area contributed by atoms with Crippen LogP contribution in [-0.4, -0.2) is 10.2 Å². The lowest BCUT2D eigenvalue weighted by Gasteiger charge is -2.24. The van der Waals surface area contributed by atoms with Crippen molar-refractivity contribution in [2.24, 2.45) is 0 Å². The number of halogens is 9. The molecule has 2 aromatic heterocycles. The van der Waals surface area contributed by atoms with Crippen molar-refractivity contribution in [1.29, 1.82) is 0 Å². The zero-order valence-corrected chi connectivity index (χ0v) is 22.4. The van der Waals surface area contributed by atoms with Crippen molar-refractivity contribution in [2.75, 3.05) is 0 Å². The molecule has 0 aliphatic heterocycles. The minimum absolute atomic E-state index is 0.0992. The van der Waals surface area contributed by atoms with Gasteiger partial charge >= 0.3 is 18.5 Å². The highest BCUT2D eigenvalue weighted by Gasteiger charge is 2.49. The second-order valence-corrected chi connectivity index (χ2v) is 10.7. The van der Waals surface area contributed by atoms with Gasteiger partial charge in [0.1, 0.15) is 11.4 Å². The van der Waals surface area contributed by atoms with E-state index in [1.54, 1.807) is 30.3 Å². The molecule has 220 valence electrons. The van der Waals surface area contributed by atoms with E-state index in [4.69, 9.17) is 4.74 Å². The van der Waals surface area contributed by atoms with Crippen molar-refractivity contribution in [2.45, 2.75) is 25.5 Å². The van der Waals surface area contributed by atoms with Crippen LogP contribution in [0.4, 0.5) is 39.5 Å². The second-order valence-electron chi connectivity index (χ2n) is 9.64. The van der Waals surface area contributed by atoms with Crippen molar-refractivity contribution in [3.8, 4) is 22.2 Å². The first-order chi connectivity index (χ1) is 20.1. The summed E-state index contributed by atoms with van der Waals surface area (Å²) in [5.41, 5.74) is -7.84. The van der Waals surface area contributed by atoms with Gasteiger partial charge in [0.05, 0.1) is 21.6 Å². The van der Waals surface area contributed by atoms with Gasteiger partial charge < -0.3 is 4.74 Å². The first-order valence-electron chi connectivity index (χ1n) is 12.4. The number of benzene rings is 4. The van der Waals surface area contributed by atoms with Crippen LogP contribution in [0.1, 0.15) is 22.3 Å². The molecular formula is C30H15F9N2OS. The molecule has 0 saturated heterocycles. The van der Waals surface area contributed by atoms with E-state index < -0.39 is 58.5 Å². The van der Waals surface area contributed by atoms with Gasteiger partial charge in [-0.25, -0.2) is 0 Å². The molecule has 0 radical (unpaired) electrons. The van der Waals surface area contributed by atoms with Gasteiger partial charge in [-0.1, -0.05) is 42.5 Å². The topological polar surface area (TPSA) is 35.0 Å². The van der Waals surface area contributed by atoms with E-state index >= 15 is 0 Å². The molecule has 0 atom stereocenters. The number of aromatic nitrogens is 2. The van der Waals surface area contributed by atoms with Crippen molar-refractivity contribution in [3.05, 3.63) is 95.1 Å². The van der Waals surface area contributed by atoms with Gasteiger partial charge in [-0.05, 0) is 53.4 Å². The van der Waals surface area contributed by atoms with Crippen LogP contribution in [-0.2, 0) is 18.5 Å². The molecule has 2 heterocycles. The summed E-state index contributed by atoms with van der Waals surface area (Å²) in [6, 6.07) is 18.9. The Balaban J connectivity index is 1.63. The van der Waals surface area contributed by atoms with Crippen LogP contribution in [0.3, 0.4) is 0 Å². The van der Waals surface area contributed by atoms with Crippen LogP contribution >= 0.6 is 11.3 Å². The van der Waals surface area contributed by atoms with Gasteiger partial charge in [0.25, 0.3) is 0 Å². The molecule has 0 N–H and O–H groups in total. The lowest BCUT2D eigenvalue weighted by molar-refractivity contribution is -0.164. The molecule has 6 aromatic rings. The Morgan fingerprint density at radius 3 is 1.79 bits per heavy atom. The van der Waals surface area contributed by atoms with E-state index in [0.717, 1.165) is 15.5 Å². The maximum absolute atomic E-state index is 14.1. The number of fused-ring (bicyclic) bond motifs is 3. The molecule has 0 aliphatic carbocycles. The van der Waals surface area contributed by atoms with Crippen molar-refractivity contribution in [1.82, 2.24) is 10.2 Å². The highest BCUT2D eigenvalue weighted by atomic mass is 32.1. The van der Waals surface area contributed by atoms with Crippen LogP contribution in [0.25, 0.3) is 42.2 Å². The molecule has 0 aliphatic rings. The predicted molar refractivity (Wildman–Crippen MR) is 144 cm³/mol. The largest absolute Gasteiger partial charge is 0.436 e. The average molecular weight is 623 g/mol. The Kier molecular flexibility index (Phi) is 6.56. The first-order valence-corrected chi connectivity index (χ1v) is 13.2. The number of alkyl halides is 9. The predicted octanol–water partition coefficient (Wildman–Crippen LogP) is 10.8. The molecule has 13 heteroatoms. The summed E-state index contributed by atoms with van der Waals surface area (Å²) < 4.78 is 131. The molecule has 0 bridgehead atoms. The van der Waals surface area contributed by atoms with E-state index in [0.29, 0.717) is 28.3 Å².